The summed E-state index contributed by atoms with van der Waals surface area (Å²) in [6.45, 7) is 4.44. The molecule has 1 aromatic heterocycles. The summed E-state index contributed by atoms with van der Waals surface area (Å²) >= 11 is 1.45. The molecule has 1 amide bonds. The molecule has 0 saturated carbocycles. The van der Waals surface area contributed by atoms with Crippen LogP contribution in [0.5, 0.6) is 5.75 Å². The highest BCUT2D eigenvalue weighted by Gasteiger charge is 2.30. The Morgan fingerprint density at radius 2 is 2.15 bits per heavy atom. The first-order valence-corrected chi connectivity index (χ1v) is 7.53. The van der Waals surface area contributed by atoms with Crippen molar-refractivity contribution in [3.05, 3.63) is 29.1 Å². The van der Waals surface area contributed by atoms with Crippen LogP contribution in [0.1, 0.15) is 23.5 Å². The van der Waals surface area contributed by atoms with Gasteiger partial charge in [0.1, 0.15) is 17.6 Å². The number of ether oxygens (including phenoxy) is 1. The van der Waals surface area contributed by atoms with Crippen molar-refractivity contribution in [1.82, 2.24) is 4.90 Å². The van der Waals surface area contributed by atoms with E-state index in [1.807, 2.05) is 38.1 Å². The average molecular weight is 291 g/mol. The van der Waals surface area contributed by atoms with Crippen molar-refractivity contribution in [1.29, 1.82) is 0 Å². The minimum Gasteiger partial charge on any atom is -0.488 e. The maximum atomic E-state index is 12.7. The molecule has 2 aromatic rings. The van der Waals surface area contributed by atoms with Crippen molar-refractivity contribution in [2.24, 2.45) is 0 Å². The fourth-order valence-electron chi connectivity index (χ4n) is 2.42. The van der Waals surface area contributed by atoms with Crippen LogP contribution in [-0.2, 0) is 0 Å². The second-order valence-corrected chi connectivity index (χ2v) is 6.32. The molecule has 0 fully saturated rings. The van der Waals surface area contributed by atoms with Crippen molar-refractivity contribution in [3.8, 4) is 5.75 Å². The van der Waals surface area contributed by atoms with Crippen LogP contribution in [-0.4, -0.2) is 41.2 Å². The van der Waals surface area contributed by atoms with Gasteiger partial charge in [0, 0.05) is 16.1 Å². The van der Waals surface area contributed by atoms with E-state index in [0.717, 1.165) is 10.1 Å². The maximum absolute atomic E-state index is 12.7. The van der Waals surface area contributed by atoms with Crippen molar-refractivity contribution in [2.45, 2.75) is 26.0 Å². The zero-order chi connectivity index (χ0) is 14.3. The Balaban J connectivity index is 2.15. The number of aliphatic hydroxyl groups excluding tert-OH is 1. The van der Waals surface area contributed by atoms with Crippen molar-refractivity contribution in [2.75, 3.05) is 13.2 Å². The Kier molecular flexibility index (Phi) is 3.40. The molecule has 2 heterocycles. The second kappa shape index (κ2) is 5.07. The Labute approximate surface area is 121 Å². The third-order valence-electron chi connectivity index (χ3n) is 3.46. The van der Waals surface area contributed by atoms with Gasteiger partial charge in [-0.3, -0.25) is 4.79 Å². The molecule has 5 heteroatoms. The second-order valence-electron chi connectivity index (χ2n) is 5.27. The SMILES string of the molecule is CC(C)N1CC(O)COc2c(sc3ccccc23)C1=O. The first kappa shape index (κ1) is 13.4. The molecule has 1 unspecified atom stereocenters. The summed E-state index contributed by atoms with van der Waals surface area (Å²) in [5.41, 5.74) is 0. The van der Waals surface area contributed by atoms with Gasteiger partial charge < -0.3 is 14.7 Å². The molecule has 1 atom stereocenters. The Morgan fingerprint density at radius 3 is 2.90 bits per heavy atom. The van der Waals surface area contributed by atoms with Gasteiger partial charge in [0.25, 0.3) is 5.91 Å². The molecule has 4 nitrogen and oxygen atoms in total. The van der Waals surface area contributed by atoms with Gasteiger partial charge in [-0.2, -0.15) is 0 Å². The smallest absolute Gasteiger partial charge is 0.268 e. The van der Waals surface area contributed by atoms with Gasteiger partial charge in [-0.1, -0.05) is 12.1 Å². The van der Waals surface area contributed by atoms with Crippen LogP contribution in [0.4, 0.5) is 0 Å². The summed E-state index contributed by atoms with van der Waals surface area (Å²) in [7, 11) is 0. The molecule has 0 saturated heterocycles. The van der Waals surface area contributed by atoms with E-state index in [2.05, 4.69) is 0 Å². The topological polar surface area (TPSA) is 49.8 Å². The zero-order valence-electron chi connectivity index (χ0n) is 11.5. The summed E-state index contributed by atoms with van der Waals surface area (Å²) in [5.74, 6) is 0.551. The normalized spacial score (nSPS) is 19.7. The molecule has 1 aliphatic rings. The van der Waals surface area contributed by atoms with Gasteiger partial charge in [0.2, 0.25) is 0 Å². The lowest BCUT2D eigenvalue weighted by molar-refractivity contribution is 0.0377. The molecule has 0 aliphatic carbocycles. The largest absolute Gasteiger partial charge is 0.488 e. The minimum atomic E-state index is -0.659. The zero-order valence-corrected chi connectivity index (χ0v) is 12.3. The lowest BCUT2D eigenvalue weighted by atomic mass is 10.2. The van der Waals surface area contributed by atoms with Gasteiger partial charge >= 0.3 is 0 Å². The highest BCUT2D eigenvalue weighted by Crippen LogP contribution is 2.39. The minimum absolute atomic E-state index is 0.0494. The van der Waals surface area contributed by atoms with E-state index in [0.29, 0.717) is 17.2 Å². The molecule has 3 rings (SSSR count). The molecule has 1 N–H and O–H groups in total. The van der Waals surface area contributed by atoms with Gasteiger partial charge in [0.15, 0.2) is 5.75 Å². The molecule has 1 aromatic carbocycles. The highest BCUT2D eigenvalue weighted by molar-refractivity contribution is 7.21. The quantitative estimate of drug-likeness (QED) is 0.878. The standard InChI is InChI=1S/C15H17NO3S/c1-9(2)16-7-10(17)8-19-13-11-5-3-4-6-12(11)20-14(13)15(16)18/h3-6,9-10,17H,7-8H2,1-2H3. The molecular formula is C15H17NO3S. The van der Waals surface area contributed by atoms with Gasteiger partial charge in [0.05, 0.1) is 6.54 Å². The van der Waals surface area contributed by atoms with E-state index in [4.69, 9.17) is 4.74 Å². The summed E-state index contributed by atoms with van der Waals surface area (Å²) < 4.78 is 6.74. The van der Waals surface area contributed by atoms with Crippen molar-refractivity contribution < 1.29 is 14.6 Å². The van der Waals surface area contributed by atoms with E-state index >= 15 is 0 Å². The highest BCUT2D eigenvalue weighted by atomic mass is 32.1. The van der Waals surface area contributed by atoms with E-state index in [-0.39, 0.29) is 18.6 Å². The lowest BCUT2D eigenvalue weighted by Crippen LogP contribution is -2.44. The number of carbonyl (C=O) groups excluding carboxylic acids is 1. The maximum Gasteiger partial charge on any atom is 0.268 e. The predicted octanol–water partition coefficient (Wildman–Crippen LogP) is 2.51. The number of rotatable bonds is 1. The number of carbonyl (C=O) groups is 1. The lowest BCUT2D eigenvalue weighted by Gasteiger charge is -2.30. The van der Waals surface area contributed by atoms with Crippen LogP contribution in [0.3, 0.4) is 0 Å². The number of nitrogens with zero attached hydrogens (tertiary/aromatic N) is 1. The monoisotopic (exact) mass is 291 g/mol. The first-order valence-electron chi connectivity index (χ1n) is 6.71. The van der Waals surface area contributed by atoms with E-state index in [9.17, 15) is 9.90 Å². The Bertz CT molecular complexity index is 650. The number of amides is 1. The molecule has 0 radical (unpaired) electrons. The van der Waals surface area contributed by atoms with Gasteiger partial charge in [-0.25, -0.2) is 0 Å². The Hall–Kier alpha value is -1.59. The van der Waals surface area contributed by atoms with E-state index in [1.165, 1.54) is 11.3 Å². The summed E-state index contributed by atoms with van der Waals surface area (Å²) in [6.07, 6.45) is -0.659. The van der Waals surface area contributed by atoms with Crippen LogP contribution in [0, 0.1) is 0 Å². The number of benzene rings is 1. The van der Waals surface area contributed by atoms with Crippen molar-refractivity contribution >= 4 is 27.3 Å². The number of fused-ring (bicyclic) bond motifs is 3. The number of hydrogen-bond acceptors (Lipinski definition) is 4. The molecule has 0 bridgehead atoms. The third kappa shape index (κ3) is 2.17. The van der Waals surface area contributed by atoms with Crippen LogP contribution in [0.2, 0.25) is 0 Å². The predicted molar refractivity (Wildman–Crippen MR) is 79.5 cm³/mol. The number of thiophene rings is 1. The molecule has 20 heavy (non-hydrogen) atoms. The molecule has 1 aliphatic heterocycles. The molecule has 106 valence electrons. The number of aliphatic hydroxyl groups is 1. The van der Waals surface area contributed by atoms with E-state index in [1.54, 1.807) is 4.90 Å². The average Bonchev–Trinajstić information content (AvgIpc) is 2.78. The van der Waals surface area contributed by atoms with Crippen LogP contribution in [0.15, 0.2) is 24.3 Å². The van der Waals surface area contributed by atoms with Crippen LogP contribution >= 0.6 is 11.3 Å². The summed E-state index contributed by atoms with van der Waals surface area (Å²) in [6, 6.07) is 7.86. The summed E-state index contributed by atoms with van der Waals surface area (Å²) in [4.78, 5) is 15.0. The first-order chi connectivity index (χ1) is 9.58. The van der Waals surface area contributed by atoms with Gasteiger partial charge in [-0.05, 0) is 26.0 Å². The fraction of sp³-hybridized carbons (Fsp3) is 0.400. The molecule has 0 spiro atoms. The van der Waals surface area contributed by atoms with Gasteiger partial charge in [-0.15, -0.1) is 11.3 Å². The number of hydrogen-bond donors (Lipinski definition) is 1. The van der Waals surface area contributed by atoms with Crippen LogP contribution in [0.25, 0.3) is 10.1 Å². The molecular weight excluding hydrogens is 274 g/mol. The van der Waals surface area contributed by atoms with Crippen molar-refractivity contribution in [3.63, 3.8) is 0 Å². The number of β-amino-alcohol motifs (C(OH)–C–C–N with tert-alkyl or cyclic N) is 1. The third-order valence-corrected chi connectivity index (χ3v) is 4.60. The fourth-order valence-corrected chi connectivity index (χ4v) is 3.53. The van der Waals surface area contributed by atoms with E-state index < -0.39 is 6.10 Å². The van der Waals surface area contributed by atoms with Crippen LogP contribution < -0.4 is 4.74 Å². The Morgan fingerprint density at radius 1 is 1.40 bits per heavy atom. The summed E-state index contributed by atoms with van der Waals surface area (Å²) in [5, 5.41) is 10.9.